The smallest absolute Gasteiger partial charge is 0.310 e. The predicted octanol–water partition coefficient (Wildman–Crippen LogP) is 6.97. The fourth-order valence-electron chi connectivity index (χ4n) is 7.18. The van der Waals surface area contributed by atoms with Gasteiger partial charge in [-0.1, -0.05) is 48.0 Å². The number of aliphatic hydroxyl groups excluding tert-OH is 1. The Kier molecular flexibility index (Phi) is 10.8. The first-order chi connectivity index (χ1) is 25.6. The molecule has 2 aliphatic heterocycles. The lowest BCUT2D eigenvalue weighted by Crippen LogP contribution is -2.24. The molecule has 0 saturated carbocycles. The van der Waals surface area contributed by atoms with Crippen molar-refractivity contribution in [2.75, 3.05) is 45.7 Å². The van der Waals surface area contributed by atoms with Crippen molar-refractivity contribution in [3.63, 3.8) is 0 Å². The lowest BCUT2D eigenvalue weighted by molar-refractivity contribution is -0.144. The molecule has 3 aromatic heterocycles. The number of methoxy groups -OCH3 is 2. The van der Waals surface area contributed by atoms with Crippen LogP contribution in [-0.2, 0) is 22.6 Å². The molecule has 0 aliphatic carbocycles. The summed E-state index contributed by atoms with van der Waals surface area (Å²) in [5, 5.41) is 13.7. The van der Waals surface area contributed by atoms with Crippen LogP contribution in [0.15, 0.2) is 60.8 Å². The first kappa shape index (κ1) is 36.5. The van der Waals surface area contributed by atoms with E-state index in [-0.39, 0.29) is 23.8 Å². The Morgan fingerprint density at radius 2 is 1.74 bits per heavy atom. The summed E-state index contributed by atoms with van der Waals surface area (Å²) in [6, 6.07) is 17.0. The largest absolute Gasteiger partial charge is 0.481 e. The van der Waals surface area contributed by atoms with Crippen molar-refractivity contribution in [1.82, 2.24) is 29.7 Å². The first-order valence-electron chi connectivity index (χ1n) is 17.5. The number of carbonyl (C=O) groups excluding carboxylic acids is 1. The molecular weight excluding hydrogens is 704 g/mol. The maximum atomic E-state index is 14.0. The van der Waals surface area contributed by atoms with Crippen LogP contribution in [0.4, 0.5) is 20.3 Å². The number of aromatic nitrogens is 4. The van der Waals surface area contributed by atoms with E-state index >= 15 is 0 Å². The number of hydrogen-bond acceptors (Lipinski definition) is 11. The number of β-amino-alcohol motifs (C(OH)–C–C–N with tert-alkyl or cyclic N) is 1. The third kappa shape index (κ3) is 7.79. The van der Waals surface area contributed by atoms with E-state index in [0.717, 1.165) is 47.3 Å². The van der Waals surface area contributed by atoms with Gasteiger partial charge >= 0.3 is 5.97 Å². The Labute approximate surface area is 311 Å². The predicted molar refractivity (Wildman–Crippen MR) is 198 cm³/mol. The minimum atomic E-state index is -2.88. The summed E-state index contributed by atoms with van der Waals surface area (Å²) in [6.07, 6.45) is -0.117. The quantitative estimate of drug-likeness (QED) is 0.136. The normalized spacial score (nSPS) is 17.9. The summed E-state index contributed by atoms with van der Waals surface area (Å²) < 4.78 is 38.7. The number of esters is 1. The molecule has 2 N–H and O–H groups in total. The number of hydrogen-bond donors (Lipinski definition) is 2. The lowest BCUT2D eigenvalue weighted by atomic mass is 9.96. The molecule has 2 saturated heterocycles. The fourth-order valence-corrected chi connectivity index (χ4v) is 7.51. The van der Waals surface area contributed by atoms with Gasteiger partial charge in [-0.25, -0.2) is 23.7 Å². The molecule has 0 radical (unpaired) electrons. The van der Waals surface area contributed by atoms with Crippen LogP contribution in [0.2, 0.25) is 5.02 Å². The minimum absolute atomic E-state index is 0.140. The zero-order valence-electron chi connectivity index (χ0n) is 29.7. The zero-order valence-corrected chi connectivity index (χ0v) is 30.4. The first-order valence-corrected chi connectivity index (χ1v) is 17.8. The minimum Gasteiger partial charge on any atom is -0.481 e. The third-order valence-electron chi connectivity index (χ3n) is 9.94. The molecule has 2 fully saturated rings. The number of rotatable bonds is 11. The maximum absolute atomic E-state index is 14.0. The highest BCUT2D eigenvalue weighted by molar-refractivity contribution is 6.36. The highest BCUT2D eigenvalue weighted by Gasteiger charge is 2.30. The van der Waals surface area contributed by atoms with E-state index in [2.05, 4.69) is 30.1 Å². The highest BCUT2D eigenvalue weighted by atomic mass is 35.5. The summed E-state index contributed by atoms with van der Waals surface area (Å²) in [5.74, 6) is -0.285. The molecule has 0 unspecified atom stereocenters. The SMILES string of the molecule is COC(=O)[C@@H]1CCN(Cc2ccc(-c3cccc(-c4cccc(Nc5nc(C(F)F)nc6cc(CN7CC[C@@H](O)C7)cnc56)c4C)c3Cl)nc2OC)C1. The number of benzene rings is 2. The van der Waals surface area contributed by atoms with Crippen molar-refractivity contribution in [2.45, 2.75) is 45.4 Å². The van der Waals surface area contributed by atoms with Crippen molar-refractivity contribution in [2.24, 2.45) is 5.92 Å². The monoisotopic (exact) mass is 743 g/mol. The average molecular weight is 744 g/mol. The number of fused-ring (bicyclic) bond motifs is 1. The van der Waals surface area contributed by atoms with Gasteiger partial charge in [0.1, 0.15) is 5.52 Å². The number of carbonyl (C=O) groups is 1. The van der Waals surface area contributed by atoms with Crippen LogP contribution in [0.25, 0.3) is 33.4 Å². The second-order valence-corrected chi connectivity index (χ2v) is 13.9. The molecule has 2 aliphatic rings. The van der Waals surface area contributed by atoms with Crippen molar-refractivity contribution >= 4 is 40.1 Å². The van der Waals surface area contributed by atoms with Gasteiger partial charge in [-0.05, 0) is 61.2 Å². The van der Waals surface area contributed by atoms with E-state index in [9.17, 15) is 18.7 Å². The Morgan fingerprint density at radius 1 is 0.981 bits per heavy atom. The number of aliphatic hydroxyl groups is 1. The van der Waals surface area contributed by atoms with Gasteiger partial charge in [0.2, 0.25) is 5.88 Å². The molecule has 2 atom stereocenters. The Balaban J connectivity index is 1.16. The molecule has 5 heterocycles. The van der Waals surface area contributed by atoms with Gasteiger partial charge in [0.05, 0.1) is 42.5 Å². The molecule has 53 heavy (non-hydrogen) atoms. The number of pyridine rings is 2. The number of halogens is 3. The summed E-state index contributed by atoms with van der Waals surface area (Å²) in [7, 11) is 2.99. The number of anilines is 2. The van der Waals surface area contributed by atoms with E-state index < -0.39 is 12.2 Å². The molecule has 7 rings (SSSR count). The van der Waals surface area contributed by atoms with Crippen LogP contribution >= 0.6 is 11.6 Å². The van der Waals surface area contributed by atoms with Crippen LogP contribution in [0.5, 0.6) is 5.88 Å². The Morgan fingerprint density at radius 3 is 2.49 bits per heavy atom. The fraction of sp³-hybridized carbons (Fsp3) is 0.359. The van der Waals surface area contributed by atoms with E-state index in [0.29, 0.717) is 71.5 Å². The van der Waals surface area contributed by atoms with Crippen molar-refractivity contribution in [3.05, 3.63) is 88.3 Å². The summed E-state index contributed by atoms with van der Waals surface area (Å²) in [6.45, 7) is 5.72. The lowest BCUT2D eigenvalue weighted by Gasteiger charge is -2.19. The summed E-state index contributed by atoms with van der Waals surface area (Å²) in [4.78, 5) is 34.0. The number of ether oxygens (including phenoxy) is 2. The standard InChI is InChI=1S/C39H40ClF2N7O4/c1-22-27(28-7-4-8-29(33(28)40)31-11-10-24(38(46-31)52-2)19-49-14-12-25(20-49)39(51)53-3)6-5-9-30(22)44-36-34-32(45-37(47-36)35(41)42)16-23(17-43-34)18-48-15-13-26(50)21-48/h4-11,16-17,25-26,35,50H,12-15,18-21H2,1-3H3,(H,44,45,47)/t25-,26-/m1/s1. The molecule has 2 aromatic carbocycles. The summed E-state index contributed by atoms with van der Waals surface area (Å²) >= 11 is 7.13. The van der Waals surface area contributed by atoms with E-state index in [4.69, 9.17) is 26.1 Å². The van der Waals surface area contributed by atoms with Gasteiger partial charge in [-0.3, -0.25) is 19.6 Å². The average Bonchev–Trinajstić information content (AvgIpc) is 3.80. The second-order valence-electron chi connectivity index (χ2n) is 13.5. The van der Waals surface area contributed by atoms with E-state index in [1.807, 2.05) is 55.5 Å². The number of alkyl halides is 2. The van der Waals surface area contributed by atoms with Gasteiger partial charge in [0, 0.05) is 61.3 Å². The van der Waals surface area contributed by atoms with Crippen LogP contribution in [0.1, 0.15) is 41.8 Å². The summed E-state index contributed by atoms with van der Waals surface area (Å²) in [5.41, 5.74) is 6.77. The van der Waals surface area contributed by atoms with E-state index in [1.54, 1.807) is 19.4 Å². The van der Waals surface area contributed by atoms with Gasteiger partial charge in [0.25, 0.3) is 6.43 Å². The molecule has 0 spiro atoms. The van der Waals surface area contributed by atoms with Gasteiger partial charge < -0.3 is 19.9 Å². The topological polar surface area (TPSA) is 126 Å². The second kappa shape index (κ2) is 15.7. The molecule has 5 aromatic rings. The molecule has 14 heteroatoms. The number of likely N-dealkylation sites (tertiary alicyclic amines) is 2. The van der Waals surface area contributed by atoms with Crippen LogP contribution in [-0.4, -0.2) is 87.3 Å². The van der Waals surface area contributed by atoms with Crippen LogP contribution in [0.3, 0.4) is 0 Å². The van der Waals surface area contributed by atoms with Crippen LogP contribution in [0, 0.1) is 12.8 Å². The number of nitrogens with one attached hydrogen (secondary N) is 1. The molecule has 11 nitrogen and oxygen atoms in total. The van der Waals surface area contributed by atoms with Crippen molar-refractivity contribution in [3.8, 4) is 28.3 Å². The number of nitrogens with zero attached hydrogens (tertiary/aromatic N) is 6. The maximum Gasteiger partial charge on any atom is 0.310 e. The van der Waals surface area contributed by atoms with E-state index in [1.165, 1.54) is 7.11 Å². The molecular formula is C39H40ClF2N7O4. The molecule has 276 valence electrons. The highest BCUT2D eigenvalue weighted by Crippen LogP contribution is 2.40. The van der Waals surface area contributed by atoms with Gasteiger partial charge in [-0.15, -0.1) is 0 Å². The van der Waals surface area contributed by atoms with Gasteiger partial charge in [0.15, 0.2) is 11.6 Å². The molecule has 0 bridgehead atoms. The van der Waals surface area contributed by atoms with Gasteiger partial charge in [-0.2, -0.15) is 0 Å². The zero-order chi connectivity index (χ0) is 37.2. The Hall–Kier alpha value is -4.82. The third-order valence-corrected chi connectivity index (χ3v) is 10.4. The van der Waals surface area contributed by atoms with Crippen molar-refractivity contribution < 1.29 is 28.2 Å². The molecule has 0 amide bonds. The Bertz CT molecular complexity index is 2160. The van der Waals surface area contributed by atoms with Crippen molar-refractivity contribution in [1.29, 1.82) is 0 Å². The van der Waals surface area contributed by atoms with Crippen LogP contribution < -0.4 is 10.1 Å².